The molecule has 0 aliphatic carbocycles. The highest BCUT2D eigenvalue weighted by Gasteiger charge is 2.43. The number of amides is 1. The number of anilines is 1. The molecule has 3 N–H and O–H groups in total. The van der Waals surface area contributed by atoms with Crippen molar-refractivity contribution >= 4 is 22.7 Å². The van der Waals surface area contributed by atoms with E-state index in [0.29, 0.717) is 34.6 Å². The first-order chi connectivity index (χ1) is 18.0. The largest absolute Gasteiger partial charge is 0.380 e. The van der Waals surface area contributed by atoms with E-state index in [0.717, 1.165) is 39.3 Å². The Morgan fingerprint density at radius 3 is 2.51 bits per heavy atom. The summed E-state index contributed by atoms with van der Waals surface area (Å²) < 4.78 is 39.2. The molecule has 182 valence electrons. The molecule has 2 aliphatic heterocycles. The van der Waals surface area contributed by atoms with Gasteiger partial charge < -0.3 is 20.3 Å². The van der Waals surface area contributed by atoms with E-state index in [2.05, 4.69) is 10.5 Å². The van der Waals surface area contributed by atoms with Crippen molar-refractivity contribution < 1.29 is 22.8 Å². The van der Waals surface area contributed by atoms with Crippen LogP contribution in [0.5, 0.6) is 0 Å². The molecule has 0 saturated heterocycles. The lowest BCUT2D eigenvalue weighted by molar-refractivity contribution is 0.0857. The summed E-state index contributed by atoms with van der Waals surface area (Å²) in [5, 5.41) is 7.42. The lowest BCUT2D eigenvalue weighted by Crippen LogP contribution is -2.23. The summed E-state index contributed by atoms with van der Waals surface area (Å²) in [7, 11) is 0. The number of benzene rings is 4. The van der Waals surface area contributed by atoms with Gasteiger partial charge in [-0.2, -0.15) is 0 Å². The van der Waals surface area contributed by atoms with Gasteiger partial charge in [0.25, 0.3) is 5.91 Å². The van der Waals surface area contributed by atoms with Gasteiger partial charge in [-0.1, -0.05) is 29.4 Å². The Balaban J connectivity index is 1.14. The maximum atomic E-state index is 14.4. The average Bonchev–Trinajstić information content (AvgIpc) is 3.59. The van der Waals surface area contributed by atoms with E-state index in [1.807, 2.05) is 42.5 Å². The van der Waals surface area contributed by atoms with Crippen LogP contribution in [0.15, 0.2) is 77.3 Å². The fraction of sp³-hybridized carbons (Fsp3) is 0.103. The van der Waals surface area contributed by atoms with Crippen molar-refractivity contribution in [3.63, 3.8) is 0 Å². The van der Waals surface area contributed by atoms with Crippen molar-refractivity contribution in [2.24, 2.45) is 0 Å². The molecule has 8 heteroatoms. The number of fused-ring (bicyclic) bond motifs is 9. The van der Waals surface area contributed by atoms with Crippen LogP contribution in [-0.4, -0.2) is 11.1 Å². The van der Waals surface area contributed by atoms with Crippen LogP contribution in [0.25, 0.3) is 22.1 Å². The summed E-state index contributed by atoms with van der Waals surface area (Å²) in [5.41, 5.74) is 12.5. The number of nitrogens with two attached hydrogens (primary N) is 1. The van der Waals surface area contributed by atoms with Gasteiger partial charge in [0.2, 0.25) is 0 Å². The first kappa shape index (κ1) is 21.7. The van der Waals surface area contributed by atoms with Crippen LogP contribution >= 0.6 is 0 Å². The van der Waals surface area contributed by atoms with Gasteiger partial charge in [-0.3, -0.25) is 4.79 Å². The number of ether oxygens (including phenoxy) is 1. The fourth-order valence-electron chi connectivity index (χ4n) is 5.27. The molecule has 0 radical (unpaired) electrons. The summed E-state index contributed by atoms with van der Waals surface area (Å²) >= 11 is 0. The molecule has 37 heavy (non-hydrogen) atoms. The van der Waals surface area contributed by atoms with Crippen molar-refractivity contribution in [2.45, 2.75) is 18.8 Å². The minimum Gasteiger partial charge on any atom is -0.380 e. The molecule has 4 aromatic carbocycles. The third-order valence-corrected chi connectivity index (χ3v) is 7.10. The van der Waals surface area contributed by atoms with E-state index in [4.69, 9.17) is 15.0 Å². The summed E-state index contributed by atoms with van der Waals surface area (Å²) in [6.45, 7) is 0.310. The molecular weight excluding hydrogens is 476 g/mol. The van der Waals surface area contributed by atoms with Crippen molar-refractivity contribution in [1.29, 1.82) is 0 Å². The van der Waals surface area contributed by atoms with Gasteiger partial charge in [-0.15, -0.1) is 0 Å². The molecular formula is C29H19F2N3O3. The highest BCUT2D eigenvalue weighted by molar-refractivity contribution is 5.95. The molecule has 0 fully saturated rings. The number of aromatic nitrogens is 1. The Kier molecular flexibility index (Phi) is 4.68. The number of halogens is 2. The van der Waals surface area contributed by atoms with Crippen LogP contribution in [-0.2, 0) is 11.3 Å². The Labute approximate surface area is 209 Å². The Morgan fingerprint density at radius 2 is 1.68 bits per heavy atom. The Hall–Kier alpha value is -4.56. The third-order valence-electron chi connectivity index (χ3n) is 7.10. The van der Waals surface area contributed by atoms with Gasteiger partial charge in [-0.05, 0) is 75.8 Å². The number of carbonyl (C=O) groups excluding carboxylic acids is 1. The highest BCUT2D eigenvalue weighted by Crippen LogP contribution is 2.54. The molecule has 1 aromatic heterocycles. The van der Waals surface area contributed by atoms with Gasteiger partial charge in [0.1, 0.15) is 23.8 Å². The lowest BCUT2D eigenvalue weighted by atomic mass is 9.83. The molecule has 0 spiro atoms. The summed E-state index contributed by atoms with van der Waals surface area (Å²) in [5.74, 6) is -1.12. The molecule has 5 aromatic rings. The van der Waals surface area contributed by atoms with Crippen LogP contribution in [0.4, 0.5) is 14.6 Å². The van der Waals surface area contributed by atoms with Gasteiger partial charge in [-0.25, -0.2) is 8.78 Å². The van der Waals surface area contributed by atoms with Gasteiger partial charge in [0.05, 0.1) is 5.39 Å². The van der Waals surface area contributed by atoms with Gasteiger partial charge in [0, 0.05) is 23.7 Å². The zero-order valence-electron chi connectivity index (χ0n) is 19.3. The second-order valence-corrected chi connectivity index (χ2v) is 9.29. The molecule has 6 nitrogen and oxygen atoms in total. The predicted octanol–water partition coefficient (Wildman–Crippen LogP) is 5.81. The van der Waals surface area contributed by atoms with E-state index in [-0.39, 0.29) is 18.1 Å². The number of hydrogen-bond donors (Lipinski definition) is 2. The van der Waals surface area contributed by atoms with E-state index < -0.39 is 11.6 Å². The van der Waals surface area contributed by atoms with Crippen LogP contribution in [0, 0.1) is 11.6 Å². The van der Waals surface area contributed by atoms with Crippen LogP contribution in [0.2, 0.25) is 0 Å². The number of carbonyl (C=O) groups is 1. The smallest absolute Gasteiger partial charge is 0.251 e. The minimum atomic E-state index is -0.618. The molecule has 0 saturated carbocycles. The fourth-order valence-corrected chi connectivity index (χ4v) is 5.27. The molecule has 2 atom stereocenters. The van der Waals surface area contributed by atoms with Gasteiger partial charge in [0.15, 0.2) is 11.4 Å². The SMILES string of the molecule is Nc1noc2cc(CNC(=O)c3ccc4c(c3)[C@@H]3O[C@H]4c4ccc(-c5ccc(F)cc5F)cc43)ccc12. The third kappa shape index (κ3) is 3.41. The second-order valence-electron chi connectivity index (χ2n) is 9.29. The van der Waals surface area contributed by atoms with Crippen molar-refractivity contribution in [2.75, 3.05) is 5.73 Å². The normalized spacial score (nSPS) is 17.1. The monoisotopic (exact) mass is 495 g/mol. The molecule has 0 unspecified atom stereocenters. The zero-order chi connectivity index (χ0) is 25.3. The topological polar surface area (TPSA) is 90.4 Å². The van der Waals surface area contributed by atoms with E-state index in [9.17, 15) is 13.6 Å². The second kappa shape index (κ2) is 7.97. The van der Waals surface area contributed by atoms with Crippen molar-refractivity contribution in [3.8, 4) is 11.1 Å². The number of rotatable bonds is 4. The standard InChI is InChI=1S/C29H19F2N3O3/c30-17-4-8-18(24(31)12-17)15-2-6-19-22(10-15)27-23-11-16(3-7-20(23)26(19)36-27)29(35)33-13-14-1-5-21-25(9-14)37-34-28(21)32/h1-12,26-27H,13H2,(H2,32,34)(H,33,35)/t26-,27+/m0/s1. The molecule has 2 aliphatic rings. The quantitative estimate of drug-likeness (QED) is 0.329. The van der Waals surface area contributed by atoms with Crippen molar-refractivity contribution in [1.82, 2.24) is 10.5 Å². The first-order valence-corrected chi connectivity index (χ1v) is 11.8. The molecule has 2 bridgehead atoms. The summed E-state index contributed by atoms with van der Waals surface area (Å²) in [6.07, 6.45) is -0.592. The molecule has 3 heterocycles. The summed E-state index contributed by atoms with van der Waals surface area (Å²) in [4.78, 5) is 13.0. The van der Waals surface area contributed by atoms with E-state index >= 15 is 0 Å². The maximum absolute atomic E-state index is 14.4. The maximum Gasteiger partial charge on any atom is 0.251 e. The van der Waals surface area contributed by atoms with Crippen LogP contribution in [0.1, 0.15) is 50.4 Å². The zero-order valence-corrected chi connectivity index (χ0v) is 19.3. The minimum absolute atomic E-state index is 0.217. The number of nitrogens with one attached hydrogen (secondary N) is 1. The highest BCUT2D eigenvalue weighted by atomic mass is 19.1. The Bertz CT molecular complexity index is 1750. The predicted molar refractivity (Wildman–Crippen MR) is 133 cm³/mol. The lowest BCUT2D eigenvalue weighted by Gasteiger charge is -2.18. The average molecular weight is 495 g/mol. The van der Waals surface area contributed by atoms with Crippen molar-refractivity contribution in [3.05, 3.63) is 118 Å². The van der Waals surface area contributed by atoms with E-state index in [1.165, 1.54) is 12.1 Å². The molecule has 1 amide bonds. The summed E-state index contributed by atoms with van der Waals surface area (Å²) in [6, 6.07) is 20.2. The molecule has 7 rings (SSSR count). The number of hydrogen-bond acceptors (Lipinski definition) is 5. The van der Waals surface area contributed by atoms with Crippen LogP contribution < -0.4 is 11.1 Å². The first-order valence-electron chi connectivity index (χ1n) is 11.8. The number of nitrogen functional groups attached to an aromatic ring is 1. The van der Waals surface area contributed by atoms with E-state index in [1.54, 1.807) is 12.1 Å². The van der Waals surface area contributed by atoms with Crippen LogP contribution in [0.3, 0.4) is 0 Å². The van der Waals surface area contributed by atoms with Gasteiger partial charge >= 0.3 is 0 Å². The number of nitrogens with zero attached hydrogens (tertiary/aromatic N) is 1. The Morgan fingerprint density at radius 1 is 0.892 bits per heavy atom.